The Balaban J connectivity index is 3.53. The van der Waals surface area contributed by atoms with Gasteiger partial charge in [-0.15, -0.1) is 0 Å². The number of hydrogen-bond donors (Lipinski definition) is 3. The minimum atomic E-state index is -4.41. The number of hydrogen-bond acceptors (Lipinski definition) is 7. The van der Waals surface area contributed by atoms with E-state index in [1.165, 1.54) is 128 Å². The highest BCUT2D eigenvalue weighted by Crippen LogP contribution is 2.42. The van der Waals surface area contributed by atoms with E-state index in [2.05, 4.69) is 31.3 Å². The number of rotatable bonds is 41. The summed E-state index contributed by atoms with van der Waals surface area (Å²) in [4.78, 5) is 33.8. The molecule has 0 aromatic carbocycles. The first-order chi connectivity index (χ1) is 25.3. The van der Waals surface area contributed by atoms with Gasteiger partial charge in [-0.25, -0.2) is 4.57 Å². The molecule has 9 nitrogen and oxygen atoms in total. The minimum absolute atomic E-state index is 0.0799. The standard InChI is InChI=1S/C42H82NO8P/c1-3-5-7-9-11-13-15-16-17-18-19-20-21-22-23-24-25-27-29-31-33-35-42(46)49-38-40(44)39-51-52(47,48)50-37-36-43-41(45)34-32-30-28-26-14-12-10-8-6-4-2/h8,10,40,44H,3-7,9,11-39H2,1-2H3,(H,43,45)(H,47,48)/b10-8-. The molecule has 308 valence electrons. The normalized spacial score (nSPS) is 13.4. The molecule has 0 saturated heterocycles. The molecule has 0 spiro atoms. The van der Waals surface area contributed by atoms with Gasteiger partial charge in [-0.05, 0) is 32.1 Å². The topological polar surface area (TPSA) is 131 Å². The second-order valence-electron chi connectivity index (χ2n) is 14.7. The third-order valence-corrected chi connectivity index (χ3v) is 10.4. The molecule has 0 aliphatic heterocycles. The van der Waals surface area contributed by atoms with E-state index in [9.17, 15) is 24.2 Å². The second kappa shape index (κ2) is 39.4. The Hall–Kier alpha value is -1.25. The number of unbranched alkanes of at least 4 members (excludes halogenated alkanes) is 26. The van der Waals surface area contributed by atoms with Gasteiger partial charge in [0, 0.05) is 19.4 Å². The van der Waals surface area contributed by atoms with Crippen molar-refractivity contribution in [1.82, 2.24) is 5.32 Å². The summed E-state index contributed by atoms with van der Waals surface area (Å²) in [5.41, 5.74) is 0. The zero-order valence-corrected chi connectivity index (χ0v) is 34.7. The molecule has 0 aliphatic rings. The van der Waals surface area contributed by atoms with E-state index in [-0.39, 0.29) is 32.1 Å². The number of amides is 1. The SMILES string of the molecule is CCC/C=C\CCCCCCCC(=O)NCCOP(=O)(O)OCC(O)COC(=O)CCCCCCCCCCCCCCCCCCCCCCC. The number of ether oxygens (including phenoxy) is 1. The van der Waals surface area contributed by atoms with Gasteiger partial charge < -0.3 is 20.1 Å². The third-order valence-electron chi connectivity index (χ3n) is 9.43. The van der Waals surface area contributed by atoms with Gasteiger partial charge in [0.1, 0.15) is 12.7 Å². The first-order valence-corrected chi connectivity index (χ1v) is 23.2. The van der Waals surface area contributed by atoms with Crippen molar-refractivity contribution < 1.29 is 37.9 Å². The van der Waals surface area contributed by atoms with E-state index in [0.717, 1.165) is 57.8 Å². The van der Waals surface area contributed by atoms with Crippen LogP contribution in [-0.2, 0) is 27.9 Å². The van der Waals surface area contributed by atoms with Crippen LogP contribution in [0.25, 0.3) is 0 Å². The van der Waals surface area contributed by atoms with Gasteiger partial charge in [0.15, 0.2) is 0 Å². The lowest BCUT2D eigenvalue weighted by molar-refractivity contribution is -0.147. The maximum Gasteiger partial charge on any atom is 0.472 e. The molecular weight excluding hydrogens is 677 g/mol. The summed E-state index contributed by atoms with van der Waals surface area (Å²) in [7, 11) is -4.41. The van der Waals surface area contributed by atoms with Crippen LogP contribution in [0.15, 0.2) is 12.2 Å². The molecule has 2 unspecified atom stereocenters. The van der Waals surface area contributed by atoms with Gasteiger partial charge >= 0.3 is 13.8 Å². The third kappa shape index (κ3) is 39.9. The van der Waals surface area contributed by atoms with Crippen LogP contribution in [0.3, 0.4) is 0 Å². The number of carbonyl (C=O) groups is 2. The van der Waals surface area contributed by atoms with Crippen LogP contribution in [0.2, 0.25) is 0 Å². The van der Waals surface area contributed by atoms with E-state index in [0.29, 0.717) is 6.42 Å². The van der Waals surface area contributed by atoms with Crippen LogP contribution in [-0.4, -0.2) is 54.3 Å². The molecule has 0 radical (unpaired) electrons. The van der Waals surface area contributed by atoms with Gasteiger partial charge in [-0.1, -0.05) is 180 Å². The highest BCUT2D eigenvalue weighted by molar-refractivity contribution is 7.47. The predicted molar refractivity (Wildman–Crippen MR) is 215 cm³/mol. The molecule has 52 heavy (non-hydrogen) atoms. The zero-order chi connectivity index (χ0) is 38.2. The Kier molecular flexibility index (Phi) is 38.5. The van der Waals surface area contributed by atoms with Crippen molar-refractivity contribution in [2.75, 3.05) is 26.4 Å². The highest BCUT2D eigenvalue weighted by atomic mass is 31.2. The predicted octanol–water partition coefficient (Wildman–Crippen LogP) is 11.8. The summed E-state index contributed by atoms with van der Waals surface area (Å²) in [6.07, 6.45) is 40.1. The van der Waals surface area contributed by atoms with Crippen LogP contribution in [0.1, 0.15) is 213 Å². The Morgan fingerprint density at radius 2 is 1.02 bits per heavy atom. The van der Waals surface area contributed by atoms with Crippen molar-refractivity contribution in [3.05, 3.63) is 12.2 Å². The van der Waals surface area contributed by atoms with Crippen molar-refractivity contribution in [2.45, 2.75) is 219 Å². The fourth-order valence-electron chi connectivity index (χ4n) is 6.15. The van der Waals surface area contributed by atoms with Crippen molar-refractivity contribution in [3.8, 4) is 0 Å². The number of aliphatic hydroxyl groups is 1. The van der Waals surface area contributed by atoms with E-state index < -0.39 is 26.5 Å². The van der Waals surface area contributed by atoms with Crippen molar-refractivity contribution in [1.29, 1.82) is 0 Å². The molecule has 0 saturated carbocycles. The van der Waals surface area contributed by atoms with Crippen LogP contribution in [0, 0.1) is 0 Å². The Morgan fingerprint density at radius 3 is 1.52 bits per heavy atom. The summed E-state index contributed by atoms with van der Waals surface area (Å²) in [5, 5.41) is 12.7. The second-order valence-corrected chi connectivity index (χ2v) is 16.1. The number of aliphatic hydroxyl groups excluding tert-OH is 1. The van der Waals surface area contributed by atoms with Crippen LogP contribution < -0.4 is 5.32 Å². The summed E-state index contributed by atoms with van der Waals surface area (Å²) in [5.74, 6) is -0.520. The van der Waals surface area contributed by atoms with Crippen molar-refractivity contribution >= 4 is 19.7 Å². The highest BCUT2D eigenvalue weighted by Gasteiger charge is 2.23. The molecule has 0 aromatic heterocycles. The number of phosphoric ester groups is 1. The lowest BCUT2D eigenvalue weighted by Gasteiger charge is -2.15. The lowest BCUT2D eigenvalue weighted by Crippen LogP contribution is -2.27. The van der Waals surface area contributed by atoms with E-state index in [1.54, 1.807) is 0 Å². The molecule has 1 amide bonds. The van der Waals surface area contributed by atoms with Crippen molar-refractivity contribution in [2.24, 2.45) is 0 Å². The summed E-state index contributed by atoms with van der Waals surface area (Å²) < 4.78 is 26.8. The minimum Gasteiger partial charge on any atom is -0.463 e. The van der Waals surface area contributed by atoms with Gasteiger partial charge in [0.05, 0.1) is 13.2 Å². The van der Waals surface area contributed by atoms with E-state index in [4.69, 9.17) is 13.8 Å². The number of allylic oxidation sites excluding steroid dienone is 2. The summed E-state index contributed by atoms with van der Waals surface area (Å²) >= 11 is 0. The monoisotopic (exact) mass is 760 g/mol. The summed E-state index contributed by atoms with van der Waals surface area (Å²) in [6, 6.07) is 0. The number of esters is 1. The molecule has 10 heteroatoms. The molecule has 0 fully saturated rings. The average Bonchev–Trinajstić information content (AvgIpc) is 3.13. The smallest absolute Gasteiger partial charge is 0.463 e. The molecule has 0 aromatic rings. The molecular formula is C42H82NO8P. The zero-order valence-electron chi connectivity index (χ0n) is 33.8. The number of phosphoric acid groups is 1. The quantitative estimate of drug-likeness (QED) is 0.0243. The van der Waals surface area contributed by atoms with Crippen LogP contribution in [0.4, 0.5) is 0 Å². The lowest BCUT2D eigenvalue weighted by atomic mass is 10.0. The first-order valence-electron chi connectivity index (χ1n) is 21.7. The molecule has 0 bridgehead atoms. The molecule has 0 aliphatic carbocycles. The largest absolute Gasteiger partial charge is 0.472 e. The Morgan fingerprint density at radius 1 is 0.577 bits per heavy atom. The van der Waals surface area contributed by atoms with Gasteiger partial charge in [0.25, 0.3) is 0 Å². The maximum atomic E-state index is 12.1. The van der Waals surface area contributed by atoms with Gasteiger partial charge in [-0.3, -0.25) is 18.6 Å². The molecule has 2 atom stereocenters. The maximum absolute atomic E-state index is 12.1. The summed E-state index contributed by atoms with van der Waals surface area (Å²) in [6.45, 7) is 3.50. The molecule has 0 rings (SSSR count). The Labute approximate surface area is 319 Å². The van der Waals surface area contributed by atoms with Crippen molar-refractivity contribution in [3.63, 3.8) is 0 Å². The molecule has 3 N–H and O–H groups in total. The van der Waals surface area contributed by atoms with E-state index in [1.807, 2.05) is 0 Å². The van der Waals surface area contributed by atoms with Gasteiger partial charge in [0.2, 0.25) is 5.91 Å². The first kappa shape index (κ1) is 50.8. The number of nitrogens with one attached hydrogen (secondary N) is 1. The number of carbonyl (C=O) groups excluding carboxylic acids is 2. The fourth-order valence-corrected chi connectivity index (χ4v) is 6.91. The van der Waals surface area contributed by atoms with Gasteiger partial charge in [-0.2, -0.15) is 0 Å². The van der Waals surface area contributed by atoms with E-state index >= 15 is 0 Å². The average molecular weight is 760 g/mol. The fraction of sp³-hybridized carbons (Fsp3) is 0.905. The van der Waals surface area contributed by atoms with Crippen LogP contribution in [0.5, 0.6) is 0 Å². The molecule has 0 heterocycles. The van der Waals surface area contributed by atoms with Crippen LogP contribution >= 0.6 is 7.82 Å². The Bertz CT molecular complexity index is 871.